The predicted molar refractivity (Wildman–Crippen MR) is 101 cm³/mol. The summed E-state index contributed by atoms with van der Waals surface area (Å²) in [6.07, 6.45) is 4.24. The van der Waals surface area contributed by atoms with E-state index < -0.39 is 0 Å². The fraction of sp³-hybridized carbons (Fsp3) is 0.364. The average molecular weight is 335 g/mol. The van der Waals surface area contributed by atoms with E-state index in [1.165, 1.54) is 28.8 Å². The Kier molecular flexibility index (Phi) is 4.50. The molecule has 2 aromatic carbocycles. The van der Waals surface area contributed by atoms with Gasteiger partial charge in [-0.15, -0.1) is 0 Å². The first-order valence-corrected chi connectivity index (χ1v) is 9.08. The van der Waals surface area contributed by atoms with Gasteiger partial charge in [0.25, 0.3) is 0 Å². The zero-order chi connectivity index (χ0) is 17.2. The number of fused-ring (bicyclic) bond motifs is 3. The molecule has 4 rings (SSSR count). The normalized spacial score (nSPS) is 24.6. The van der Waals surface area contributed by atoms with Crippen LogP contribution in [-0.2, 0) is 4.74 Å². The van der Waals surface area contributed by atoms with Crippen LogP contribution in [-0.4, -0.2) is 13.2 Å². The van der Waals surface area contributed by atoms with Crippen LogP contribution < -0.4 is 10.1 Å². The summed E-state index contributed by atoms with van der Waals surface area (Å²) in [7, 11) is 0. The summed E-state index contributed by atoms with van der Waals surface area (Å²) in [5.41, 5.74) is 5.04. The molecule has 0 radical (unpaired) electrons. The highest BCUT2D eigenvalue weighted by molar-refractivity contribution is 5.58. The first-order valence-electron chi connectivity index (χ1n) is 9.08. The Morgan fingerprint density at radius 3 is 3.08 bits per heavy atom. The van der Waals surface area contributed by atoms with Gasteiger partial charge in [-0.3, -0.25) is 0 Å². The van der Waals surface area contributed by atoms with E-state index in [4.69, 9.17) is 9.47 Å². The fourth-order valence-corrected chi connectivity index (χ4v) is 4.07. The van der Waals surface area contributed by atoms with Crippen molar-refractivity contribution in [1.29, 1.82) is 0 Å². The van der Waals surface area contributed by atoms with Crippen LogP contribution in [0.15, 0.2) is 55.1 Å². The Bertz CT molecular complexity index is 770. The molecule has 25 heavy (non-hydrogen) atoms. The van der Waals surface area contributed by atoms with Crippen LogP contribution in [0, 0.1) is 12.8 Å². The third-order valence-corrected chi connectivity index (χ3v) is 5.21. The van der Waals surface area contributed by atoms with E-state index in [0.29, 0.717) is 12.5 Å². The lowest BCUT2D eigenvalue weighted by molar-refractivity contribution is -0.0381. The molecule has 3 nitrogen and oxygen atoms in total. The number of nitrogens with one attached hydrogen (secondary N) is 1. The summed E-state index contributed by atoms with van der Waals surface area (Å²) < 4.78 is 12.0. The molecule has 2 aromatic rings. The highest BCUT2D eigenvalue weighted by Crippen LogP contribution is 2.49. The van der Waals surface area contributed by atoms with Gasteiger partial charge in [-0.2, -0.15) is 0 Å². The van der Waals surface area contributed by atoms with Gasteiger partial charge in [-0.25, -0.2) is 0 Å². The monoisotopic (exact) mass is 335 g/mol. The van der Waals surface area contributed by atoms with Gasteiger partial charge < -0.3 is 14.8 Å². The molecule has 0 unspecified atom stereocenters. The SMILES string of the molecule is C=CCOc1cccc([C@@H]2Nc3ccc(C)cc3[C@H]3OCCC[C@H]32)c1. The van der Waals surface area contributed by atoms with Crippen molar-refractivity contribution in [2.24, 2.45) is 5.92 Å². The highest BCUT2D eigenvalue weighted by atomic mass is 16.5. The number of ether oxygens (including phenoxy) is 2. The topological polar surface area (TPSA) is 30.5 Å². The molecule has 0 amide bonds. The molecule has 130 valence electrons. The summed E-state index contributed by atoms with van der Waals surface area (Å²) in [5.74, 6) is 1.33. The van der Waals surface area contributed by atoms with Crippen molar-refractivity contribution in [3.8, 4) is 5.75 Å². The third kappa shape index (κ3) is 3.16. The third-order valence-electron chi connectivity index (χ3n) is 5.21. The van der Waals surface area contributed by atoms with E-state index >= 15 is 0 Å². The summed E-state index contributed by atoms with van der Waals surface area (Å²) in [4.78, 5) is 0. The van der Waals surface area contributed by atoms with E-state index in [0.717, 1.165) is 18.8 Å². The number of hydrogen-bond acceptors (Lipinski definition) is 3. The number of rotatable bonds is 4. The molecule has 0 aromatic heterocycles. The van der Waals surface area contributed by atoms with Gasteiger partial charge in [0.15, 0.2) is 0 Å². The van der Waals surface area contributed by atoms with Crippen LogP contribution in [0.25, 0.3) is 0 Å². The molecule has 2 heterocycles. The number of aryl methyl sites for hydroxylation is 1. The van der Waals surface area contributed by atoms with E-state index in [1.54, 1.807) is 6.08 Å². The maximum atomic E-state index is 6.23. The van der Waals surface area contributed by atoms with Gasteiger partial charge in [0.05, 0.1) is 12.1 Å². The summed E-state index contributed by atoms with van der Waals surface area (Å²) in [5, 5.41) is 3.77. The Labute approximate surface area is 149 Å². The molecule has 1 saturated heterocycles. The van der Waals surface area contributed by atoms with Crippen molar-refractivity contribution in [3.63, 3.8) is 0 Å². The van der Waals surface area contributed by atoms with Crippen LogP contribution in [0.3, 0.4) is 0 Å². The summed E-state index contributed by atoms with van der Waals surface area (Å²) >= 11 is 0. The molecular weight excluding hydrogens is 310 g/mol. The largest absolute Gasteiger partial charge is 0.490 e. The molecule has 0 bridgehead atoms. The lowest BCUT2D eigenvalue weighted by Gasteiger charge is -2.43. The zero-order valence-electron chi connectivity index (χ0n) is 14.7. The van der Waals surface area contributed by atoms with Gasteiger partial charge in [-0.05, 0) is 43.5 Å². The second-order valence-corrected chi connectivity index (χ2v) is 6.98. The standard InChI is InChI=1S/C22H25NO2/c1-3-11-24-17-7-4-6-16(14-17)21-18-8-5-12-25-22(18)19-13-15(2)9-10-20(19)23-21/h3-4,6-7,9-10,13-14,18,21-23H,1,5,8,11-12H2,2H3/t18-,21-,22-/m0/s1. The van der Waals surface area contributed by atoms with Crippen molar-refractivity contribution in [3.05, 3.63) is 71.8 Å². The van der Waals surface area contributed by atoms with Crippen LogP contribution >= 0.6 is 0 Å². The van der Waals surface area contributed by atoms with Gasteiger partial charge >= 0.3 is 0 Å². The highest BCUT2D eigenvalue weighted by Gasteiger charge is 2.39. The predicted octanol–water partition coefficient (Wildman–Crippen LogP) is 5.19. The number of hydrogen-bond donors (Lipinski definition) is 1. The number of benzene rings is 2. The van der Waals surface area contributed by atoms with Crippen molar-refractivity contribution >= 4 is 5.69 Å². The summed E-state index contributed by atoms with van der Waals surface area (Å²) in [6.45, 7) is 7.24. The van der Waals surface area contributed by atoms with Crippen molar-refractivity contribution in [2.45, 2.75) is 31.9 Å². The average Bonchev–Trinajstić information content (AvgIpc) is 2.66. The zero-order valence-corrected chi connectivity index (χ0v) is 14.7. The van der Waals surface area contributed by atoms with Crippen LogP contribution in [0.2, 0.25) is 0 Å². The van der Waals surface area contributed by atoms with E-state index in [2.05, 4.69) is 55.2 Å². The van der Waals surface area contributed by atoms with Gasteiger partial charge in [-0.1, -0.05) is 42.5 Å². The molecule has 1 fully saturated rings. The van der Waals surface area contributed by atoms with Gasteiger partial charge in [0.1, 0.15) is 12.4 Å². The Morgan fingerprint density at radius 2 is 2.20 bits per heavy atom. The maximum Gasteiger partial charge on any atom is 0.120 e. The van der Waals surface area contributed by atoms with Gasteiger partial charge in [0, 0.05) is 23.8 Å². The van der Waals surface area contributed by atoms with E-state index in [9.17, 15) is 0 Å². The molecule has 3 atom stereocenters. The van der Waals surface area contributed by atoms with Crippen LogP contribution in [0.1, 0.15) is 41.7 Å². The molecule has 0 aliphatic carbocycles. The fourth-order valence-electron chi connectivity index (χ4n) is 4.07. The number of anilines is 1. The maximum absolute atomic E-state index is 6.23. The van der Waals surface area contributed by atoms with E-state index in [1.807, 2.05) is 6.07 Å². The minimum Gasteiger partial charge on any atom is -0.490 e. The quantitative estimate of drug-likeness (QED) is 0.780. The molecule has 0 saturated carbocycles. The van der Waals surface area contributed by atoms with Crippen LogP contribution in [0.5, 0.6) is 5.75 Å². The molecule has 0 spiro atoms. The second kappa shape index (κ2) is 6.93. The molecular formula is C22H25NO2. The van der Waals surface area contributed by atoms with Crippen molar-refractivity contribution in [2.75, 3.05) is 18.5 Å². The Morgan fingerprint density at radius 1 is 1.28 bits per heavy atom. The van der Waals surface area contributed by atoms with Crippen LogP contribution in [0.4, 0.5) is 5.69 Å². The van der Waals surface area contributed by atoms with Crippen molar-refractivity contribution in [1.82, 2.24) is 0 Å². The molecule has 1 N–H and O–H groups in total. The lowest BCUT2D eigenvalue weighted by atomic mass is 9.77. The lowest BCUT2D eigenvalue weighted by Crippen LogP contribution is -2.36. The second-order valence-electron chi connectivity index (χ2n) is 6.98. The Balaban J connectivity index is 1.70. The smallest absolute Gasteiger partial charge is 0.120 e. The first-order chi connectivity index (χ1) is 12.3. The van der Waals surface area contributed by atoms with E-state index in [-0.39, 0.29) is 12.1 Å². The van der Waals surface area contributed by atoms with Crippen molar-refractivity contribution < 1.29 is 9.47 Å². The summed E-state index contributed by atoms with van der Waals surface area (Å²) in [6, 6.07) is 15.3. The molecule has 2 aliphatic rings. The molecule has 2 aliphatic heterocycles. The minimum atomic E-state index is 0.174. The van der Waals surface area contributed by atoms with Gasteiger partial charge in [0.2, 0.25) is 0 Å². The first kappa shape index (κ1) is 16.2. The Hall–Kier alpha value is -2.26. The minimum absolute atomic E-state index is 0.174. The molecule has 3 heteroatoms.